The number of aromatic amines is 1. The summed E-state index contributed by atoms with van der Waals surface area (Å²) in [5, 5.41) is 3.50. The molecule has 0 radical (unpaired) electrons. The Morgan fingerprint density at radius 1 is 1.14 bits per heavy atom. The first kappa shape index (κ1) is 19.6. The lowest BCUT2D eigenvalue weighted by atomic mass is 9.89. The number of benzene rings is 2. The molecule has 1 atom stereocenters. The molecule has 1 fully saturated rings. The van der Waals surface area contributed by atoms with Crippen LogP contribution in [0.2, 0.25) is 0 Å². The molecule has 1 aliphatic heterocycles. The SMILES string of the molecule is CC(C)N1CCCC(c2ccc3[nH]c(C(=O)Nc4cc(F)cc(F)c4)cc3c2)C1. The van der Waals surface area contributed by atoms with Crippen LogP contribution in [0.3, 0.4) is 0 Å². The Morgan fingerprint density at radius 3 is 2.62 bits per heavy atom. The van der Waals surface area contributed by atoms with E-state index < -0.39 is 17.5 Å². The number of amides is 1. The van der Waals surface area contributed by atoms with Crippen molar-refractivity contribution in [2.45, 2.75) is 38.6 Å². The lowest BCUT2D eigenvalue weighted by Gasteiger charge is -2.35. The number of anilines is 1. The van der Waals surface area contributed by atoms with Gasteiger partial charge < -0.3 is 15.2 Å². The highest BCUT2D eigenvalue weighted by Gasteiger charge is 2.23. The lowest BCUT2D eigenvalue weighted by Crippen LogP contribution is -2.39. The van der Waals surface area contributed by atoms with Gasteiger partial charge in [0.1, 0.15) is 17.3 Å². The molecule has 2 heterocycles. The molecular formula is C23H25F2N3O. The summed E-state index contributed by atoms with van der Waals surface area (Å²) in [7, 11) is 0. The summed E-state index contributed by atoms with van der Waals surface area (Å²) in [5.41, 5.74) is 2.58. The van der Waals surface area contributed by atoms with Crippen LogP contribution in [-0.2, 0) is 0 Å². The largest absolute Gasteiger partial charge is 0.351 e. The van der Waals surface area contributed by atoms with Gasteiger partial charge in [0.25, 0.3) is 5.91 Å². The Morgan fingerprint density at radius 2 is 1.90 bits per heavy atom. The number of rotatable bonds is 4. The predicted octanol–water partition coefficient (Wildman–Crippen LogP) is 5.29. The Bertz CT molecular complexity index is 1020. The van der Waals surface area contributed by atoms with E-state index >= 15 is 0 Å². The molecule has 0 aliphatic carbocycles. The van der Waals surface area contributed by atoms with Crippen molar-refractivity contribution in [1.82, 2.24) is 9.88 Å². The van der Waals surface area contributed by atoms with Crippen LogP contribution in [0.1, 0.15) is 48.7 Å². The van der Waals surface area contributed by atoms with Crippen LogP contribution in [0.5, 0.6) is 0 Å². The molecule has 2 N–H and O–H groups in total. The van der Waals surface area contributed by atoms with Crippen molar-refractivity contribution < 1.29 is 13.6 Å². The predicted molar refractivity (Wildman–Crippen MR) is 111 cm³/mol. The van der Waals surface area contributed by atoms with E-state index in [1.165, 1.54) is 12.0 Å². The summed E-state index contributed by atoms with van der Waals surface area (Å²) >= 11 is 0. The number of nitrogens with zero attached hydrogens (tertiary/aromatic N) is 1. The third kappa shape index (κ3) is 4.32. The van der Waals surface area contributed by atoms with Crippen LogP contribution in [0.15, 0.2) is 42.5 Å². The molecule has 0 spiro atoms. The fourth-order valence-electron chi connectivity index (χ4n) is 4.10. The molecule has 4 nitrogen and oxygen atoms in total. The number of nitrogens with one attached hydrogen (secondary N) is 2. The van der Waals surface area contributed by atoms with Gasteiger partial charge >= 0.3 is 0 Å². The van der Waals surface area contributed by atoms with Crippen LogP contribution in [0.4, 0.5) is 14.5 Å². The van der Waals surface area contributed by atoms with E-state index in [0.29, 0.717) is 17.7 Å². The molecule has 1 unspecified atom stereocenters. The summed E-state index contributed by atoms with van der Waals surface area (Å²) in [6.45, 7) is 6.65. The van der Waals surface area contributed by atoms with Gasteiger partial charge in [-0.05, 0) is 75.0 Å². The van der Waals surface area contributed by atoms with Gasteiger partial charge in [-0.25, -0.2) is 8.78 Å². The van der Waals surface area contributed by atoms with Crippen LogP contribution >= 0.6 is 0 Å². The number of aromatic nitrogens is 1. The Hall–Kier alpha value is -2.73. The summed E-state index contributed by atoms with van der Waals surface area (Å²) in [4.78, 5) is 18.1. The Labute approximate surface area is 168 Å². The first-order valence-corrected chi connectivity index (χ1v) is 10.0. The number of likely N-dealkylation sites (tertiary alicyclic amines) is 1. The molecule has 1 amide bonds. The van der Waals surface area contributed by atoms with Gasteiger partial charge in [0.15, 0.2) is 0 Å². The van der Waals surface area contributed by atoms with Gasteiger partial charge in [-0.15, -0.1) is 0 Å². The molecule has 2 aromatic carbocycles. The summed E-state index contributed by atoms with van der Waals surface area (Å²) in [6.07, 6.45) is 2.35. The number of H-pyrrole nitrogens is 1. The van der Waals surface area contributed by atoms with Crippen LogP contribution in [0.25, 0.3) is 10.9 Å². The van der Waals surface area contributed by atoms with Crippen LogP contribution in [0, 0.1) is 11.6 Å². The lowest BCUT2D eigenvalue weighted by molar-refractivity contribution is 0.102. The van der Waals surface area contributed by atoms with Crippen molar-refractivity contribution in [3.05, 3.63) is 65.4 Å². The second-order valence-corrected chi connectivity index (χ2v) is 8.07. The third-order valence-electron chi connectivity index (χ3n) is 5.66. The number of carbonyl (C=O) groups is 1. The van der Waals surface area contributed by atoms with Crippen LogP contribution < -0.4 is 5.32 Å². The number of halogens is 2. The van der Waals surface area contributed by atoms with E-state index in [2.05, 4.69) is 41.2 Å². The number of piperidine rings is 1. The van der Waals surface area contributed by atoms with Crippen molar-refractivity contribution in [2.75, 3.05) is 18.4 Å². The van der Waals surface area contributed by atoms with E-state index in [1.807, 2.05) is 6.07 Å². The van der Waals surface area contributed by atoms with Gasteiger partial charge in [-0.1, -0.05) is 6.07 Å². The third-order valence-corrected chi connectivity index (χ3v) is 5.66. The number of carbonyl (C=O) groups excluding carboxylic acids is 1. The van der Waals surface area contributed by atoms with Crippen molar-refractivity contribution in [1.29, 1.82) is 0 Å². The molecule has 4 rings (SSSR count). The monoisotopic (exact) mass is 397 g/mol. The zero-order valence-corrected chi connectivity index (χ0v) is 16.6. The average Bonchev–Trinajstić information content (AvgIpc) is 3.11. The van der Waals surface area contributed by atoms with Gasteiger partial charge in [-0.3, -0.25) is 4.79 Å². The Balaban J connectivity index is 1.54. The van der Waals surface area contributed by atoms with Crippen molar-refractivity contribution in [3.8, 4) is 0 Å². The van der Waals surface area contributed by atoms with E-state index in [4.69, 9.17) is 0 Å². The first-order chi connectivity index (χ1) is 13.9. The quantitative estimate of drug-likeness (QED) is 0.629. The zero-order valence-electron chi connectivity index (χ0n) is 16.6. The first-order valence-electron chi connectivity index (χ1n) is 10.0. The fraction of sp³-hybridized carbons (Fsp3) is 0.348. The van der Waals surface area contributed by atoms with Crippen molar-refractivity contribution in [3.63, 3.8) is 0 Å². The van der Waals surface area contributed by atoms with Crippen LogP contribution in [-0.4, -0.2) is 34.9 Å². The Kier molecular flexibility index (Phi) is 5.37. The van der Waals surface area contributed by atoms with E-state index in [-0.39, 0.29) is 5.69 Å². The highest BCUT2D eigenvalue weighted by molar-refractivity contribution is 6.06. The minimum absolute atomic E-state index is 0.0860. The van der Waals surface area contributed by atoms with Crippen molar-refractivity contribution in [2.24, 2.45) is 0 Å². The number of fused-ring (bicyclic) bond motifs is 1. The molecule has 152 valence electrons. The molecule has 0 bridgehead atoms. The van der Waals surface area contributed by atoms with Gasteiger partial charge in [0, 0.05) is 35.2 Å². The normalized spacial score (nSPS) is 17.8. The summed E-state index contributed by atoms with van der Waals surface area (Å²) < 4.78 is 26.7. The minimum Gasteiger partial charge on any atom is -0.351 e. The second-order valence-electron chi connectivity index (χ2n) is 8.07. The molecule has 6 heteroatoms. The average molecular weight is 397 g/mol. The van der Waals surface area contributed by atoms with Crippen molar-refractivity contribution >= 4 is 22.5 Å². The standard InChI is InChI=1S/C23H25F2N3O/c1-14(2)28-7-3-4-16(13-28)15-5-6-21-17(8-15)9-22(27-21)23(29)26-20-11-18(24)10-19(25)12-20/h5-6,8-12,14,16,27H,3-4,7,13H2,1-2H3,(H,26,29). The number of hydrogen-bond donors (Lipinski definition) is 2. The maximum Gasteiger partial charge on any atom is 0.272 e. The van der Waals surface area contributed by atoms with E-state index in [9.17, 15) is 13.6 Å². The van der Waals surface area contributed by atoms with Gasteiger partial charge in [0.2, 0.25) is 0 Å². The molecule has 1 aliphatic rings. The topological polar surface area (TPSA) is 48.1 Å². The molecule has 0 saturated carbocycles. The van der Waals surface area contributed by atoms with E-state index in [0.717, 1.165) is 48.6 Å². The molecule has 1 aromatic heterocycles. The fourth-order valence-corrected chi connectivity index (χ4v) is 4.10. The second kappa shape index (κ2) is 7.95. The highest BCUT2D eigenvalue weighted by Crippen LogP contribution is 2.30. The molecule has 29 heavy (non-hydrogen) atoms. The minimum atomic E-state index is -0.732. The van der Waals surface area contributed by atoms with Gasteiger partial charge in [0.05, 0.1) is 0 Å². The zero-order chi connectivity index (χ0) is 20.5. The maximum absolute atomic E-state index is 13.3. The van der Waals surface area contributed by atoms with Gasteiger partial charge in [-0.2, -0.15) is 0 Å². The highest BCUT2D eigenvalue weighted by atomic mass is 19.1. The maximum atomic E-state index is 13.3. The molecule has 3 aromatic rings. The molecular weight excluding hydrogens is 372 g/mol. The summed E-state index contributed by atoms with van der Waals surface area (Å²) in [5.74, 6) is -1.41. The number of hydrogen-bond acceptors (Lipinski definition) is 2. The smallest absolute Gasteiger partial charge is 0.272 e. The van der Waals surface area contributed by atoms with E-state index in [1.54, 1.807) is 6.07 Å². The summed E-state index contributed by atoms with van der Waals surface area (Å²) in [6, 6.07) is 11.5. The molecule has 1 saturated heterocycles.